The zero-order chi connectivity index (χ0) is 19.2. The highest BCUT2D eigenvalue weighted by Crippen LogP contribution is 2.35. The largest absolute Gasteiger partial charge is 0.454 e. The van der Waals surface area contributed by atoms with Gasteiger partial charge in [-0.15, -0.1) is 0 Å². The number of fused-ring (bicyclic) bond motifs is 4. The minimum atomic E-state index is 0.825. The number of nitrogens with zero attached hydrogens (tertiary/aromatic N) is 1. The highest BCUT2D eigenvalue weighted by atomic mass is 16.3. The summed E-state index contributed by atoms with van der Waals surface area (Å²) in [7, 11) is 0. The van der Waals surface area contributed by atoms with Crippen LogP contribution in [0, 0.1) is 0 Å². The lowest BCUT2D eigenvalue weighted by Crippen LogP contribution is -1.85. The van der Waals surface area contributed by atoms with Gasteiger partial charge in [0, 0.05) is 22.7 Å². The van der Waals surface area contributed by atoms with E-state index in [0.717, 1.165) is 33.6 Å². The number of aromatic nitrogens is 1. The summed E-state index contributed by atoms with van der Waals surface area (Å²) in [6.07, 6.45) is 1.85. The lowest BCUT2D eigenvalue weighted by molar-refractivity contribution is 0.631. The lowest BCUT2D eigenvalue weighted by atomic mass is 9.99. The number of hydrogen-bond donors (Lipinski definition) is 0. The second-order valence-electron chi connectivity index (χ2n) is 7.28. The molecule has 0 aliphatic rings. The molecule has 0 saturated carbocycles. The Morgan fingerprint density at radius 2 is 1.34 bits per heavy atom. The van der Waals surface area contributed by atoms with Crippen molar-refractivity contribution in [1.82, 2.24) is 4.98 Å². The van der Waals surface area contributed by atoms with Crippen LogP contribution in [0.25, 0.3) is 55.1 Å². The Balaban J connectivity index is 1.55. The van der Waals surface area contributed by atoms with Crippen molar-refractivity contribution in [3.63, 3.8) is 0 Å². The van der Waals surface area contributed by atoms with E-state index in [4.69, 9.17) is 4.42 Å². The molecule has 0 radical (unpaired) electrons. The minimum absolute atomic E-state index is 0.825. The van der Waals surface area contributed by atoms with Crippen LogP contribution >= 0.6 is 0 Å². The van der Waals surface area contributed by atoms with Gasteiger partial charge in [-0.1, -0.05) is 78.9 Å². The molecule has 0 bridgehead atoms. The molecule has 0 aliphatic heterocycles. The average molecular weight is 371 g/mol. The van der Waals surface area contributed by atoms with E-state index < -0.39 is 0 Å². The Labute approximate surface area is 168 Å². The molecule has 0 fully saturated rings. The van der Waals surface area contributed by atoms with E-state index in [1.807, 2.05) is 30.5 Å². The van der Waals surface area contributed by atoms with E-state index in [-0.39, 0.29) is 0 Å². The molecule has 0 saturated heterocycles. The molecule has 2 aromatic heterocycles. The van der Waals surface area contributed by atoms with E-state index in [1.165, 1.54) is 21.5 Å². The van der Waals surface area contributed by atoms with Crippen LogP contribution in [0.4, 0.5) is 0 Å². The van der Waals surface area contributed by atoms with E-state index in [2.05, 4.69) is 77.8 Å². The van der Waals surface area contributed by atoms with Crippen molar-refractivity contribution in [3.05, 3.63) is 103 Å². The molecule has 29 heavy (non-hydrogen) atoms. The zero-order valence-corrected chi connectivity index (χ0v) is 15.7. The molecule has 0 atom stereocenters. The van der Waals surface area contributed by atoms with Gasteiger partial charge in [0.25, 0.3) is 0 Å². The first-order valence-electron chi connectivity index (χ1n) is 9.73. The Morgan fingerprint density at radius 3 is 2.28 bits per heavy atom. The molecule has 0 N–H and O–H groups in total. The predicted molar refractivity (Wildman–Crippen MR) is 120 cm³/mol. The first-order chi connectivity index (χ1) is 14.4. The molecule has 6 rings (SSSR count). The fourth-order valence-corrected chi connectivity index (χ4v) is 4.08. The van der Waals surface area contributed by atoms with Gasteiger partial charge in [-0.2, -0.15) is 0 Å². The van der Waals surface area contributed by atoms with Gasteiger partial charge < -0.3 is 4.42 Å². The van der Waals surface area contributed by atoms with E-state index in [1.54, 1.807) is 0 Å². The molecule has 2 heterocycles. The van der Waals surface area contributed by atoms with Crippen molar-refractivity contribution in [2.24, 2.45) is 0 Å². The van der Waals surface area contributed by atoms with Gasteiger partial charge in [-0.25, -0.2) is 0 Å². The normalized spacial score (nSPS) is 11.4. The minimum Gasteiger partial charge on any atom is -0.454 e. The van der Waals surface area contributed by atoms with Crippen LogP contribution in [0.2, 0.25) is 0 Å². The second-order valence-corrected chi connectivity index (χ2v) is 7.28. The SMILES string of the molecule is c1ccc(-c2cc3ccnc(-c4ccc5c(ccc6ccccc65)c4)c3o2)cc1. The molecule has 6 aromatic rings. The molecular formula is C27H17NO. The monoisotopic (exact) mass is 371 g/mol. The number of benzene rings is 4. The molecule has 136 valence electrons. The summed E-state index contributed by atoms with van der Waals surface area (Å²) in [6, 6.07) is 33.7. The lowest BCUT2D eigenvalue weighted by Gasteiger charge is -2.07. The van der Waals surface area contributed by atoms with Crippen molar-refractivity contribution in [1.29, 1.82) is 0 Å². The summed E-state index contributed by atoms with van der Waals surface area (Å²) < 4.78 is 6.26. The first kappa shape index (κ1) is 16.1. The van der Waals surface area contributed by atoms with Crippen LogP contribution in [0.3, 0.4) is 0 Å². The predicted octanol–water partition coefficient (Wildman–Crippen LogP) is 7.47. The maximum atomic E-state index is 6.26. The summed E-state index contributed by atoms with van der Waals surface area (Å²) in [6.45, 7) is 0. The fourth-order valence-electron chi connectivity index (χ4n) is 4.08. The van der Waals surface area contributed by atoms with Gasteiger partial charge in [0.2, 0.25) is 0 Å². The van der Waals surface area contributed by atoms with Gasteiger partial charge >= 0.3 is 0 Å². The van der Waals surface area contributed by atoms with Crippen molar-refractivity contribution in [2.45, 2.75) is 0 Å². The van der Waals surface area contributed by atoms with E-state index in [0.29, 0.717) is 0 Å². The summed E-state index contributed by atoms with van der Waals surface area (Å²) in [5.41, 5.74) is 3.83. The second kappa shape index (κ2) is 6.32. The molecule has 0 amide bonds. The van der Waals surface area contributed by atoms with Gasteiger partial charge in [-0.05, 0) is 39.7 Å². The number of hydrogen-bond acceptors (Lipinski definition) is 2. The average Bonchev–Trinajstić information content (AvgIpc) is 3.24. The molecular weight excluding hydrogens is 354 g/mol. The quantitative estimate of drug-likeness (QED) is 0.295. The smallest absolute Gasteiger partial charge is 0.161 e. The molecule has 4 aromatic carbocycles. The Bertz CT molecular complexity index is 1500. The van der Waals surface area contributed by atoms with E-state index in [9.17, 15) is 0 Å². The highest BCUT2D eigenvalue weighted by Gasteiger charge is 2.13. The van der Waals surface area contributed by atoms with Gasteiger partial charge in [0.15, 0.2) is 5.58 Å². The van der Waals surface area contributed by atoms with Crippen LogP contribution in [-0.4, -0.2) is 4.98 Å². The van der Waals surface area contributed by atoms with Crippen LogP contribution in [-0.2, 0) is 0 Å². The van der Waals surface area contributed by atoms with Crippen molar-refractivity contribution >= 4 is 32.5 Å². The van der Waals surface area contributed by atoms with Crippen LogP contribution in [0.5, 0.6) is 0 Å². The third-order valence-corrected chi connectivity index (χ3v) is 5.51. The standard InChI is InChI=1S/C27H17NO/c1-2-7-19(8-3-1)25-17-22-14-15-28-26(27(22)29-25)21-12-13-24-20(16-21)11-10-18-6-4-5-9-23(18)24/h1-17H. The van der Waals surface area contributed by atoms with Gasteiger partial charge in [0.1, 0.15) is 11.5 Å². The molecule has 0 spiro atoms. The molecule has 0 unspecified atom stereocenters. The summed E-state index contributed by atoms with van der Waals surface area (Å²) in [5.74, 6) is 0.863. The van der Waals surface area contributed by atoms with Crippen LogP contribution in [0.15, 0.2) is 108 Å². The summed E-state index contributed by atoms with van der Waals surface area (Å²) in [4.78, 5) is 4.66. The third kappa shape index (κ3) is 2.61. The fraction of sp³-hybridized carbons (Fsp3) is 0. The third-order valence-electron chi connectivity index (χ3n) is 5.51. The van der Waals surface area contributed by atoms with Crippen LogP contribution in [0.1, 0.15) is 0 Å². The van der Waals surface area contributed by atoms with Crippen LogP contribution < -0.4 is 0 Å². The number of furan rings is 1. The van der Waals surface area contributed by atoms with Crippen molar-refractivity contribution < 1.29 is 4.42 Å². The summed E-state index contributed by atoms with van der Waals surface area (Å²) >= 11 is 0. The van der Waals surface area contributed by atoms with Gasteiger partial charge in [0.05, 0.1) is 0 Å². The maximum absolute atomic E-state index is 6.26. The molecule has 0 aliphatic carbocycles. The first-order valence-corrected chi connectivity index (χ1v) is 9.73. The van der Waals surface area contributed by atoms with E-state index >= 15 is 0 Å². The maximum Gasteiger partial charge on any atom is 0.161 e. The van der Waals surface area contributed by atoms with Crippen molar-refractivity contribution in [3.8, 4) is 22.6 Å². The molecule has 2 nitrogen and oxygen atoms in total. The molecule has 2 heteroatoms. The topological polar surface area (TPSA) is 26.0 Å². The van der Waals surface area contributed by atoms with Gasteiger partial charge in [-0.3, -0.25) is 4.98 Å². The van der Waals surface area contributed by atoms with Crippen molar-refractivity contribution in [2.75, 3.05) is 0 Å². The number of rotatable bonds is 2. The summed E-state index contributed by atoms with van der Waals surface area (Å²) in [5, 5.41) is 6.05. The Hall–Kier alpha value is -3.91. The Kier molecular flexibility index (Phi) is 3.50. The zero-order valence-electron chi connectivity index (χ0n) is 15.7. The highest BCUT2D eigenvalue weighted by molar-refractivity contribution is 6.08. The number of pyridine rings is 1. The Morgan fingerprint density at radius 1 is 0.552 bits per heavy atom.